The molecule has 1 aromatic rings. The molecule has 0 saturated heterocycles. The second kappa shape index (κ2) is 4.35. The van der Waals surface area contributed by atoms with E-state index >= 15 is 0 Å². The minimum absolute atomic E-state index is 0.148. The summed E-state index contributed by atoms with van der Waals surface area (Å²) in [4.78, 5) is 0. The lowest BCUT2D eigenvalue weighted by molar-refractivity contribution is 0.269. The molecule has 19 heavy (non-hydrogen) atoms. The molecular formula is C13H12ClFN4. The van der Waals surface area contributed by atoms with Crippen molar-refractivity contribution in [2.45, 2.75) is 13.1 Å². The van der Waals surface area contributed by atoms with Gasteiger partial charge in [0.1, 0.15) is 11.5 Å². The molecule has 1 atom stereocenters. The van der Waals surface area contributed by atoms with Crippen LogP contribution in [0.4, 0.5) is 4.39 Å². The highest BCUT2D eigenvalue weighted by atomic mass is 35.5. The van der Waals surface area contributed by atoms with Gasteiger partial charge in [-0.2, -0.15) is 10.2 Å². The van der Waals surface area contributed by atoms with E-state index in [9.17, 15) is 4.39 Å². The lowest BCUT2D eigenvalue weighted by Crippen LogP contribution is -2.40. The van der Waals surface area contributed by atoms with Crippen LogP contribution < -0.4 is 5.43 Å². The molecule has 3 rings (SSSR count). The molecule has 2 aliphatic rings. The zero-order chi connectivity index (χ0) is 13.6. The standard InChI is InChI=1S/C13H12ClFN4/c1-7-10-11(14)12(8-4-3-5-9(15)6-8)16-17-13(10)19(2)18-7/h3-6,13,17H,1-2H3. The Morgan fingerprint density at radius 2 is 2.21 bits per heavy atom. The highest BCUT2D eigenvalue weighted by Crippen LogP contribution is 2.29. The molecule has 0 aromatic heterocycles. The zero-order valence-electron chi connectivity index (χ0n) is 10.5. The molecule has 98 valence electrons. The number of fused-ring (bicyclic) bond motifs is 1. The van der Waals surface area contributed by atoms with Crippen LogP contribution in [0.1, 0.15) is 12.5 Å². The Kier molecular flexibility index (Phi) is 2.78. The van der Waals surface area contributed by atoms with Gasteiger partial charge in [-0.1, -0.05) is 23.7 Å². The fourth-order valence-electron chi connectivity index (χ4n) is 2.29. The molecule has 1 unspecified atom stereocenters. The summed E-state index contributed by atoms with van der Waals surface area (Å²) in [6, 6.07) is 6.21. The predicted molar refractivity (Wildman–Crippen MR) is 73.6 cm³/mol. The van der Waals surface area contributed by atoms with E-state index in [1.165, 1.54) is 12.1 Å². The van der Waals surface area contributed by atoms with Gasteiger partial charge in [-0.05, 0) is 19.1 Å². The van der Waals surface area contributed by atoms with E-state index in [0.717, 1.165) is 11.3 Å². The van der Waals surface area contributed by atoms with Crippen LogP contribution in [0.25, 0.3) is 0 Å². The van der Waals surface area contributed by atoms with E-state index in [1.54, 1.807) is 17.1 Å². The van der Waals surface area contributed by atoms with Crippen LogP contribution >= 0.6 is 11.6 Å². The normalized spacial score (nSPS) is 21.9. The Morgan fingerprint density at radius 1 is 1.42 bits per heavy atom. The van der Waals surface area contributed by atoms with Crippen molar-refractivity contribution >= 4 is 23.0 Å². The van der Waals surface area contributed by atoms with Crippen LogP contribution in [0.5, 0.6) is 0 Å². The quantitative estimate of drug-likeness (QED) is 0.856. The van der Waals surface area contributed by atoms with Gasteiger partial charge in [-0.25, -0.2) is 4.39 Å². The Bertz CT molecular complexity index is 635. The number of benzene rings is 1. The number of nitrogens with one attached hydrogen (secondary N) is 1. The first kappa shape index (κ1) is 12.2. The second-order valence-corrected chi connectivity index (χ2v) is 4.87. The van der Waals surface area contributed by atoms with Gasteiger partial charge in [0.25, 0.3) is 0 Å². The molecule has 0 aliphatic carbocycles. The van der Waals surface area contributed by atoms with Crippen LogP contribution in [0, 0.1) is 5.82 Å². The lowest BCUT2D eigenvalue weighted by Gasteiger charge is -2.25. The smallest absolute Gasteiger partial charge is 0.160 e. The predicted octanol–water partition coefficient (Wildman–Crippen LogP) is 2.27. The Balaban J connectivity index is 2.07. The van der Waals surface area contributed by atoms with E-state index in [2.05, 4.69) is 15.6 Å². The van der Waals surface area contributed by atoms with Gasteiger partial charge in [0.05, 0.1) is 10.7 Å². The minimum atomic E-state index is -0.314. The molecule has 6 heteroatoms. The van der Waals surface area contributed by atoms with E-state index in [0.29, 0.717) is 16.3 Å². The molecule has 0 saturated carbocycles. The van der Waals surface area contributed by atoms with Crippen molar-refractivity contribution in [3.8, 4) is 0 Å². The Morgan fingerprint density at radius 3 is 2.95 bits per heavy atom. The largest absolute Gasteiger partial charge is 0.281 e. The van der Waals surface area contributed by atoms with Gasteiger partial charge in [0.2, 0.25) is 0 Å². The lowest BCUT2D eigenvalue weighted by atomic mass is 10.0. The third-order valence-electron chi connectivity index (χ3n) is 3.19. The van der Waals surface area contributed by atoms with Crippen LogP contribution in [-0.2, 0) is 0 Å². The summed E-state index contributed by atoms with van der Waals surface area (Å²) in [5.41, 5.74) is 5.91. The van der Waals surface area contributed by atoms with Crippen LogP contribution in [0.3, 0.4) is 0 Å². The summed E-state index contributed by atoms with van der Waals surface area (Å²) in [6.07, 6.45) is -0.148. The summed E-state index contributed by atoms with van der Waals surface area (Å²) < 4.78 is 13.3. The molecule has 0 spiro atoms. The molecular weight excluding hydrogens is 267 g/mol. The first-order chi connectivity index (χ1) is 9.08. The number of hydrazone groups is 2. The number of halogens is 2. The summed E-state index contributed by atoms with van der Waals surface area (Å²) in [5, 5.41) is 10.8. The fourth-order valence-corrected chi connectivity index (χ4v) is 2.68. The van der Waals surface area contributed by atoms with E-state index in [4.69, 9.17) is 11.6 Å². The van der Waals surface area contributed by atoms with Gasteiger partial charge in [-0.15, -0.1) is 0 Å². The summed E-state index contributed by atoms with van der Waals surface area (Å²) >= 11 is 6.41. The summed E-state index contributed by atoms with van der Waals surface area (Å²) in [7, 11) is 1.85. The second-order valence-electron chi connectivity index (χ2n) is 4.49. The summed E-state index contributed by atoms with van der Waals surface area (Å²) in [5.74, 6) is -0.314. The molecule has 0 bridgehead atoms. The first-order valence-corrected chi connectivity index (χ1v) is 6.23. The molecule has 0 radical (unpaired) electrons. The molecule has 1 aromatic carbocycles. The molecule has 0 amide bonds. The highest BCUT2D eigenvalue weighted by Gasteiger charge is 2.34. The average Bonchev–Trinajstić information content (AvgIpc) is 2.66. The maximum atomic E-state index is 13.3. The van der Waals surface area contributed by atoms with Gasteiger partial charge in [0, 0.05) is 18.2 Å². The van der Waals surface area contributed by atoms with Crippen molar-refractivity contribution in [2.24, 2.45) is 10.2 Å². The molecule has 0 fully saturated rings. The third kappa shape index (κ3) is 1.90. The van der Waals surface area contributed by atoms with Gasteiger partial charge < -0.3 is 0 Å². The third-order valence-corrected chi connectivity index (χ3v) is 3.57. The van der Waals surface area contributed by atoms with Gasteiger partial charge >= 0.3 is 0 Å². The zero-order valence-corrected chi connectivity index (χ0v) is 11.2. The van der Waals surface area contributed by atoms with Crippen molar-refractivity contribution in [2.75, 3.05) is 7.05 Å². The number of hydrogen-bond donors (Lipinski definition) is 1. The summed E-state index contributed by atoms with van der Waals surface area (Å²) in [6.45, 7) is 1.89. The van der Waals surface area contributed by atoms with Crippen LogP contribution in [0.2, 0.25) is 0 Å². The molecule has 2 aliphatic heterocycles. The van der Waals surface area contributed by atoms with Crippen molar-refractivity contribution in [1.82, 2.24) is 10.4 Å². The number of nitrogens with zero attached hydrogens (tertiary/aromatic N) is 3. The molecule has 1 N–H and O–H groups in total. The first-order valence-electron chi connectivity index (χ1n) is 5.85. The SMILES string of the molecule is CC1=NN(C)C2NN=C(c3cccc(F)c3)C(Cl)=C12. The number of allylic oxidation sites excluding steroid dienone is 1. The van der Waals surface area contributed by atoms with E-state index < -0.39 is 0 Å². The monoisotopic (exact) mass is 278 g/mol. The Labute approximate surface area is 115 Å². The van der Waals surface area contributed by atoms with Gasteiger partial charge in [0.15, 0.2) is 6.17 Å². The van der Waals surface area contributed by atoms with Crippen LogP contribution in [0.15, 0.2) is 45.1 Å². The number of hydrogen-bond acceptors (Lipinski definition) is 4. The van der Waals surface area contributed by atoms with Gasteiger partial charge in [-0.3, -0.25) is 10.4 Å². The maximum absolute atomic E-state index is 13.3. The molecule has 4 nitrogen and oxygen atoms in total. The van der Waals surface area contributed by atoms with Crippen molar-refractivity contribution in [3.63, 3.8) is 0 Å². The number of likely N-dealkylation sites (N-methyl/N-ethyl adjacent to an activating group) is 1. The average molecular weight is 279 g/mol. The van der Waals surface area contributed by atoms with Crippen LogP contribution in [-0.4, -0.2) is 29.6 Å². The fraction of sp³-hybridized carbons (Fsp3) is 0.231. The van der Waals surface area contributed by atoms with E-state index in [-0.39, 0.29) is 12.0 Å². The van der Waals surface area contributed by atoms with Crippen molar-refractivity contribution in [1.29, 1.82) is 0 Å². The van der Waals surface area contributed by atoms with Crippen molar-refractivity contribution in [3.05, 3.63) is 46.3 Å². The Hall–Kier alpha value is -1.88. The topological polar surface area (TPSA) is 40.0 Å². The van der Waals surface area contributed by atoms with E-state index in [1.807, 2.05) is 14.0 Å². The molecule has 2 heterocycles. The maximum Gasteiger partial charge on any atom is 0.160 e. The number of rotatable bonds is 1. The van der Waals surface area contributed by atoms with Crippen molar-refractivity contribution < 1.29 is 4.39 Å². The minimum Gasteiger partial charge on any atom is -0.281 e. The highest BCUT2D eigenvalue weighted by molar-refractivity contribution is 6.48.